The van der Waals surface area contributed by atoms with Gasteiger partial charge >= 0.3 is 5.97 Å². The molecule has 2 rings (SSSR count). The van der Waals surface area contributed by atoms with Crippen LogP contribution in [0.3, 0.4) is 0 Å². The van der Waals surface area contributed by atoms with E-state index in [1.165, 1.54) is 19.3 Å². The van der Waals surface area contributed by atoms with E-state index in [2.05, 4.69) is 0 Å². The fourth-order valence-electron chi connectivity index (χ4n) is 3.35. The minimum atomic E-state index is -3.22. The minimum Gasteiger partial charge on any atom is -0.481 e. The van der Waals surface area contributed by atoms with E-state index in [0.717, 1.165) is 12.8 Å². The lowest BCUT2D eigenvalue weighted by Gasteiger charge is -2.25. The highest BCUT2D eigenvalue weighted by atomic mass is 31.2. The molecular weight excluding hydrogens is 275 g/mol. The molecule has 0 saturated heterocycles. The first-order valence-electron chi connectivity index (χ1n) is 7.52. The van der Waals surface area contributed by atoms with Crippen molar-refractivity contribution in [1.29, 1.82) is 0 Å². The molecule has 1 saturated carbocycles. The summed E-state index contributed by atoms with van der Waals surface area (Å²) < 4.78 is 0. The van der Waals surface area contributed by atoms with Crippen LogP contribution >= 0.6 is 7.72 Å². The van der Waals surface area contributed by atoms with E-state index in [4.69, 9.17) is 0 Å². The quantitative estimate of drug-likeness (QED) is 0.657. The first-order chi connectivity index (χ1) is 9.22. The highest BCUT2D eigenvalue weighted by molar-refractivity contribution is 7.69. The average molecular weight is 301 g/mol. The van der Waals surface area contributed by atoms with Crippen LogP contribution in [-0.4, -0.2) is 27.0 Å². The molecule has 2 aliphatic carbocycles. The number of rotatable bonds is 6. The summed E-state index contributed by atoms with van der Waals surface area (Å²) in [5.74, 6) is -1.08. The molecule has 5 heteroatoms. The summed E-state index contributed by atoms with van der Waals surface area (Å²) in [5, 5.41) is 10.0. The van der Waals surface area contributed by atoms with Crippen LogP contribution in [0.15, 0.2) is 11.4 Å². The van der Waals surface area contributed by atoms with Crippen LogP contribution in [0.4, 0.5) is 0 Å². The van der Waals surface area contributed by atoms with Gasteiger partial charge in [0.15, 0.2) is 0 Å². The van der Waals surface area contributed by atoms with Crippen LogP contribution in [0, 0.1) is 17.3 Å². The third-order valence-corrected chi connectivity index (χ3v) is 7.05. The summed E-state index contributed by atoms with van der Waals surface area (Å²) in [6.07, 6.45) is 8.20. The number of allylic oxidation sites excluding steroid dienone is 2. The van der Waals surface area contributed by atoms with Crippen molar-refractivity contribution in [3.63, 3.8) is 0 Å². The lowest BCUT2D eigenvalue weighted by Crippen LogP contribution is -2.24. The van der Waals surface area contributed by atoms with E-state index in [9.17, 15) is 19.7 Å². The van der Waals surface area contributed by atoms with Crippen molar-refractivity contribution in [1.82, 2.24) is 0 Å². The maximum Gasteiger partial charge on any atom is 0.310 e. The van der Waals surface area contributed by atoms with Crippen molar-refractivity contribution < 1.29 is 19.7 Å². The topological polar surface area (TPSA) is 77.8 Å². The Hall–Kier alpha value is -0.440. The summed E-state index contributed by atoms with van der Waals surface area (Å²) in [7, 11) is -3.22. The Morgan fingerprint density at radius 2 is 1.90 bits per heavy atom. The molecular formula is C15H26O4P+. The maximum absolute atomic E-state index is 11.4. The van der Waals surface area contributed by atoms with Crippen LogP contribution in [0.5, 0.6) is 0 Å². The van der Waals surface area contributed by atoms with Crippen molar-refractivity contribution in [3.05, 3.63) is 11.4 Å². The molecule has 1 unspecified atom stereocenters. The van der Waals surface area contributed by atoms with E-state index in [1.54, 1.807) is 0 Å². The molecule has 2 aliphatic rings. The lowest BCUT2D eigenvalue weighted by atomic mass is 9.83. The first kappa shape index (κ1) is 15.9. The Kier molecular flexibility index (Phi) is 4.58. The molecule has 0 radical (unpaired) electrons. The molecule has 0 aliphatic heterocycles. The largest absolute Gasteiger partial charge is 0.481 e. The Morgan fingerprint density at radius 1 is 1.35 bits per heavy atom. The smallest absolute Gasteiger partial charge is 0.310 e. The molecule has 114 valence electrons. The van der Waals surface area contributed by atoms with Gasteiger partial charge in [-0.3, -0.25) is 4.79 Å². The van der Waals surface area contributed by atoms with Gasteiger partial charge in [0, 0.05) is 5.41 Å². The fraction of sp³-hybridized carbons (Fsp3) is 0.800. The van der Waals surface area contributed by atoms with Gasteiger partial charge in [-0.15, -0.1) is 0 Å². The maximum atomic E-state index is 11.4. The molecule has 0 aromatic carbocycles. The highest BCUT2D eigenvalue weighted by Gasteiger charge is 2.57. The van der Waals surface area contributed by atoms with E-state index >= 15 is 0 Å². The zero-order valence-electron chi connectivity index (χ0n) is 12.4. The third-order valence-electron chi connectivity index (χ3n) is 4.63. The summed E-state index contributed by atoms with van der Waals surface area (Å²) in [5.41, 5.74) is -0.231. The molecule has 0 aromatic rings. The summed E-state index contributed by atoms with van der Waals surface area (Å²) in [6.45, 7) is 3.86. The molecule has 20 heavy (non-hydrogen) atoms. The average Bonchev–Trinajstić information content (AvgIpc) is 3.00. The second-order valence-electron chi connectivity index (χ2n) is 6.94. The predicted molar refractivity (Wildman–Crippen MR) is 80.4 cm³/mol. The van der Waals surface area contributed by atoms with E-state index < -0.39 is 19.6 Å². The number of carbonyl (C=O) groups is 1. The van der Waals surface area contributed by atoms with Gasteiger partial charge in [-0.05, 0) is 32.3 Å². The molecule has 1 fully saturated rings. The van der Waals surface area contributed by atoms with Crippen LogP contribution in [-0.2, 0) is 4.79 Å². The number of aliphatic carboxylic acids is 1. The fourth-order valence-corrected chi connectivity index (χ4v) is 5.92. The second-order valence-corrected chi connectivity index (χ2v) is 9.25. The molecule has 0 bridgehead atoms. The SMILES string of the molecule is CC1(C)C=C1[P+](O)(O)CC(CC1CCCCC1)C(=O)O. The summed E-state index contributed by atoms with van der Waals surface area (Å²) in [6, 6.07) is 0. The molecule has 0 spiro atoms. The van der Waals surface area contributed by atoms with Gasteiger partial charge < -0.3 is 5.11 Å². The van der Waals surface area contributed by atoms with Gasteiger partial charge in [-0.2, -0.15) is 0 Å². The van der Waals surface area contributed by atoms with Crippen molar-refractivity contribution in [2.75, 3.05) is 6.16 Å². The number of carboxylic acids is 1. The van der Waals surface area contributed by atoms with Gasteiger partial charge in [0.1, 0.15) is 11.5 Å². The van der Waals surface area contributed by atoms with Crippen molar-refractivity contribution in [3.8, 4) is 0 Å². The molecule has 0 heterocycles. The monoisotopic (exact) mass is 301 g/mol. The number of hydrogen-bond donors (Lipinski definition) is 3. The zero-order valence-corrected chi connectivity index (χ0v) is 13.3. The third kappa shape index (κ3) is 3.81. The van der Waals surface area contributed by atoms with Gasteiger partial charge in [0.05, 0.1) is 5.92 Å². The van der Waals surface area contributed by atoms with Crippen molar-refractivity contribution in [2.24, 2.45) is 17.3 Å². The van der Waals surface area contributed by atoms with Crippen LogP contribution in [0.2, 0.25) is 0 Å². The second kappa shape index (κ2) is 5.75. The van der Waals surface area contributed by atoms with Gasteiger partial charge in [0.25, 0.3) is 7.72 Å². The first-order valence-corrected chi connectivity index (χ1v) is 9.40. The number of hydrogen-bond acceptors (Lipinski definition) is 3. The Morgan fingerprint density at radius 3 is 2.35 bits per heavy atom. The molecule has 1 atom stereocenters. The van der Waals surface area contributed by atoms with E-state index in [1.807, 2.05) is 19.9 Å². The molecule has 0 amide bonds. The summed E-state index contributed by atoms with van der Waals surface area (Å²) in [4.78, 5) is 32.0. The van der Waals surface area contributed by atoms with Crippen molar-refractivity contribution >= 4 is 13.7 Å². The van der Waals surface area contributed by atoms with Gasteiger partial charge in [-0.25, -0.2) is 9.79 Å². The normalized spacial score (nSPS) is 24.1. The zero-order chi connectivity index (χ0) is 15.0. The molecule has 0 aromatic heterocycles. The minimum absolute atomic E-state index is 0.00803. The van der Waals surface area contributed by atoms with E-state index in [0.29, 0.717) is 17.7 Å². The van der Waals surface area contributed by atoms with Gasteiger partial charge in [0.2, 0.25) is 0 Å². The molecule has 4 nitrogen and oxygen atoms in total. The Bertz CT molecular complexity index is 408. The van der Waals surface area contributed by atoms with Crippen molar-refractivity contribution in [2.45, 2.75) is 52.4 Å². The van der Waals surface area contributed by atoms with Crippen LogP contribution in [0.25, 0.3) is 0 Å². The Balaban J connectivity index is 1.95. The summed E-state index contributed by atoms with van der Waals surface area (Å²) >= 11 is 0. The van der Waals surface area contributed by atoms with Crippen LogP contribution in [0.1, 0.15) is 52.4 Å². The van der Waals surface area contributed by atoms with Gasteiger partial charge in [-0.1, -0.05) is 32.1 Å². The lowest BCUT2D eigenvalue weighted by molar-refractivity contribution is -0.141. The standard InChI is InChI=1S/C15H25O4P/c1-15(2)9-13(15)20(18,19)10-12(14(16)17)8-11-6-4-3-5-7-11/h9,11-12,18-19H,3-8,10H2,1-2H3/p+1. The van der Waals surface area contributed by atoms with E-state index in [-0.39, 0.29) is 11.6 Å². The highest BCUT2D eigenvalue weighted by Crippen LogP contribution is 2.72. The molecule has 3 N–H and O–H groups in total. The van der Waals surface area contributed by atoms with Crippen LogP contribution < -0.4 is 0 Å². The number of carboxylic acid groups (broad SMARTS) is 1. The Labute approximate surface area is 121 Å². The predicted octanol–water partition coefficient (Wildman–Crippen LogP) is 3.41.